The number of aromatic nitrogens is 2. The van der Waals surface area contributed by atoms with Gasteiger partial charge >= 0.3 is 6.09 Å². The molecule has 0 saturated heterocycles. The Morgan fingerprint density at radius 1 is 1.19 bits per heavy atom. The minimum atomic E-state index is -0.537. The van der Waals surface area contributed by atoms with Gasteiger partial charge in [0.05, 0.1) is 7.11 Å². The molecular formula is C23H26N4O4. The van der Waals surface area contributed by atoms with Gasteiger partial charge in [0.15, 0.2) is 5.76 Å². The average molecular weight is 422 g/mol. The highest BCUT2D eigenvalue weighted by Gasteiger charge is 2.18. The number of hydrogen-bond acceptors (Lipinski definition) is 6. The Labute approximate surface area is 180 Å². The smallest absolute Gasteiger partial charge is 0.407 e. The fourth-order valence-electron chi connectivity index (χ4n) is 3.36. The van der Waals surface area contributed by atoms with Crippen LogP contribution in [-0.2, 0) is 11.3 Å². The van der Waals surface area contributed by atoms with Crippen LogP contribution in [0.4, 0.5) is 10.6 Å². The van der Waals surface area contributed by atoms with E-state index in [-0.39, 0.29) is 0 Å². The summed E-state index contributed by atoms with van der Waals surface area (Å²) in [5.74, 6) is 2.24. The lowest BCUT2D eigenvalue weighted by atomic mass is 10.2. The van der Waals surface area contributed by atoms with Crippen molar-refractivity contribution in [2.24, 2.45) is 0 Å². The molecule has 0 aliphatic carbocycles. The number of fused-ring (bicyclic) bond motifs is 2. The number of methoxy groups -OCH3 is 1. The average Bonchev–Trinajstić information content (AvgIpc) is 3.30. The summed E-state index contributed by atoms with van der Waals surface area (Å²) in [7, 11) is 3.48. The van der Waals surface area contributed by atoms with Crippen LogP contribution in [0.15, 0.2) is 47.0 Å². The van der Waals surface area contributed by atoms with Crippen molar-refractivity contribution in [2.75, 3.05) is 19.5 Å². The second-order valence-corrected chi connectivity index (χ2v) is 8.19. The van der Waals surface area contributed by atoms with Crippen LogP contribution < -0.4 is 15.4 Å². The van der Waals surface area contributed by atoms with Crippen molar-refractivity contribution in [3.8, 4) is 17.2 Å². The molecule has 1 amide bonds. The van der Waals surface area contributed by atoms with Gasteiger partial charge in [-0.2, -0.15) is 0 Å². The minimum Gasteiger partial charge on any atom is -0.497 e. The van der Waals surface area contributed by atoms with Crippen LogP contribution in [0.1, 0.15) is 26.3 Å². The first kappa shape index (κ1) is 20.6. The number of benzene rings is 1. The summed E-state index contributed by atoms with van der Waals surface area (Å²) >= 11 is 0. The van der Waals surface area contributed by atoms with Gasteiger partial charge in [-0.15, -0.1) is 0 Å². The van der Waals surface area contributed by atoms with Crippen molar-refractivity contribution in [2.45, 2.75) is 32.9 Å². The summed E-state index contributed by atoms with van der Waals surface area (Å²) in [6.07, 6.45) is 1.46. The molecule has 8 heteroatoms. The highest BCUT2D eigenvalue weighted by atomic mass is 16.6. The maximum Gasteiger partial charge on any atom is 0.407 e. The van der Waals surface area contributed by atoms with Gasteiger partial charge in [0.25, 0.3) is 0 Å². The largest absolute Gasteiger partial charge is 0.497 e. The van der Waals surface area contributed by atoms with Crippen LogP contribution in [0.2, 0.25) is 0 Å². The lowest BCUT2D eigenvalue weighted by molar-refractivity contribution is 0.0523. The van der Waals surface area contributed by atoms with Gasteiger partial charge in [-0.05, 0) is 62.7 Å². The minimum absolute atomic E-state index is 0.340. The van der Waals surface area contributed by atoms with E-state index in [0.29, 0.717) is 18.0 Å². The second kappa shape index (κ2) is 7.86. The molecule has 0 bridgehead atoms. The number of nitrogens with zero attached hydrogens (tertiary/aromatic N) is 2. The molecule has 8 nitrogen and oxygen atoms in total. The molecule has 0 fully saturated rings. The number of amides is 1. The lowest BCUT2D eigenvalue weighted by Crippen LogP contribution is -2.32. The van der Waals surface area contributed by atoms with Gasteiger partial charge in [0.1, 0.15) is 34.1 Å². The number of rotatable bonds is 5. The molecule has 0 spiro atoms. The van der Waals surface area contributed by atoms with Gasteiger partial charge < -0.3 is 24.5 Å². The van der Waals surface area contributed by atoms with Crippen LogP contribution in [0, 0.1) is 0 Å². The van der Waals surface area contributed by atoms with E-state index in [9.17, 15) is 4.79 Å². The molecule has 0 aliphatic rings. The SMILES string of the molecule is CNc1c(-c2cc3cc(OC)ccc3o2)nc2cc(CNC(=O)OC(C)(C)C)ccn12. The van der Waals surface area contributed by atoms with Crippen LogP contribution in [-0.4, -0.2) is 35.2 Å². The maximum atomic E-state index is 11.9. The van der Waals surface area contributed by atoms with Gasteiger partial charge in [-0.1, -0.05) is 0 Å². The molecule has 0 saturated carbocycles. The number of ether oxygens (including phenoxy) is 2. The Morgan fingerprint density at radius 3 is 2.71 bits per heavy atom. The number of carbonyl (C=O) groups is 1. The fraction of sp³-hybridized carbons (Fsp3) is 0.304. The molecule has 3 heterocycles. The van der Waals surface area contributed by atoms with Crippen LogP contribution in [0.3, 0.4) is 0 Å². The van der Waals surface area contributed by atoms with Crippen molar-refractivity contribution in [1.29, 1.82) is 0 Å². The lowest BCUT2D eigenvalue weighted by Gasteiger charge is -2.19. The normalized spacial score (nSPS) is 11.6. The maximum absolute atomic E-state index is 11.9. The van der Waals surface area contributed by atoms with Crippen LogP contribution in [0.25, 0.3) is 28.1 Å². The van der Waals surface area contributed by atoms with Crippen molar-refractivity contribution < 1.29 is 18.7 Å². The Kier molecular flexibility index (Phi) is 5.22. The summed E-state index contributed by atoms with van der Waals surface area (Å²) in [6, 6.07) is 11.5. The number of imidazole rings is 1. The summed E-state index contributed by atoms with van der Waals surface area (Å²) in [6.45, 7) is 5.83. The number of carbonyl (C=O) groups excluding carboxylic acids is 1. The van der Waals surface area contributed by atoms with Crippen molar-refractivity contribution in [3.05, 3.63) is 48.2 Å². The summed E-state index contributed by atoms with van der Waals surface area (Å²) in [4.78, 5) is 16.7. The molecule has 3 aromatic heterocycles. The van der Waals surface area contributed by atoms with E-state index in [1.54, 1.807) is 7.11 Å². The topological polar surface area (TPSA) is 90.0 Å². The van der Waals surface area contributed by atoms with Gasteiger partial charge in [0, 0.05) is 25.2 Å². The zero-order valence-corrected chi connectivity index (χ0v) is 18.3. The second-order valence-electron chi connectivity index (χ2n) is 8.19. The van der Waals surface area contributed by atoms with E-state index in [4.69, 9.17) is 18.9 Å². The number of pyridine rings is 1. The molecule has 31 heavy (non-hydrogen) atoms. The molecular weight excluding hydrogens is 396 g/mol. The zero-order chi connectivity index (χ0) is 22.2. The molecule has 1 aromatic carbocycles. The third-order valence-corrected chi connectivity index (χ3v) is 4.72. The zero-order valence-electron chi connectivity index (χ0n) is 18.3. The first-order valence-corrected chi connectivity index (χ1v) is 10.0. The highest BCUT2D eigenvalue weighted by molar-refractivity contribution is 5.86. The van der Waals surface area contributed by atoms with E-state index in [1.165, 1.54) is 0 Å². The van der Waals surface area contributed by atoms with E-state index < -0.39 is 11.7 Å². The standard InChI is InChI=1S/C23H26N4O4/c1-23(2,3)31-22(28)25-13-14-8-9-27-19(10-14)26-20(21(27)24-4)18-12-15-11-16(29-5)6-7-17(15)30-18/h6-12,24H,13H2,1-5H3,(H,25,28). The summed E-state index contributed by atoms with van der Waals surface area (Å²) in [5.41, 5.74) is 2.57. The quantitative estimate of drug-likeness (QED) is 0.479. The van der Waals surface area contributed by atoms with Gasteiger partial charge in [-0.25, -0.2) is 9.78 Å². The van der Waals surface area contributed by atoms with Gasteiger partial charge in [0.2, 0.25) is 0 Å². The predicted molar refractivity (Wildman–Crippen MR) is 120 cm³/mol. The molecule has 4 rings (SSSR count). The molecule has 162 valence electrons. The number of furan rings is 1. The van der Waals surface area contributed by atoms with Crippen molar-refractivity contribution in [1.82, 2.24) is 14.7 Å². The van der Waals surface area contributed by atoms with Crippen LogP contribution >= 0.6 is 0 Å². The van der Waals surface area contributed by atoms with E-state index in [0.717, 1.165) is 33.7 Å². The molecule has 0 aliphatic heterocycles. The number of alkyl carbamates (subject to hydrolysis) is 1. The Morgan fingerprint density at radius 2 is 2.00 bits per heavy atom. The Balaban J connectivity index is 1.64. The van der Waals surface area contributed by atoms with Gasteiger partial charge in [-0.3, -0.25) is 4.40 Å². The fourth-order valence-corrected chi connectivity index (χ4v) is 3.36. The predicted octanol–water partition coefficient (Wildman–Crippen LogP) is 4.82. The number of hydrogen-bond donors (Lipinski definition) is 2. The summed E-state index contributed by atoms with van der Waals surface area (Å²) in [5, 5.41) is 6.92. The number of nitrogens with one attached hydrogen (secondary N) is 2. The van der Waals surface area contributed by atoms with Crippen LogP contribution in [0.5, 0.6) is 5.75 Å². The third kappa shape index (κ3) is 4.28. The van der Waals surface area contributed by atoms with Crippen molar-refractivity contribution >= 4 is 28.5 Å². The molecule has 0 unspecified atom stereocenters. The monoisotopic (exact) mass is 422 g/mol. The molecule has 2 N–H and O–H groups in total. The molecule has 4 aromatic rings. The van der Waals surface area contributed by atoms with E-state index in [1.807, 2.05) is 74.8 Å². The van der Waals surface area contributed by atoms with Crippen molar-refractivity contribution in [3.63, 3.8) is 0 Å². The van der Waals surface area contributed by atoms with E-state index in [2.05, 4.69) is 10.6 Å². The Bertz CT molecular complexity index is 1250. The molecule has 0 atom stereocenters. The summed E-state index contributed by atoms with van der Waals surface area (Å²) < 4.78 is 18.6. The molecule has 0 radical (unpaired) electrons. The Hall–Kier alpha value is -3.68. The van der Waals surface area contributed by atoms with E-state index >= 15 is 0 Å². The third-order valence-electron chi connectivity index (χ3n) is 4.72. The first-order valence-electron chi connectivity index (χ1n) is 10.0. The first-order chi connectivity index (χ1) is 14.8. The highest BCUT2D eigenvalue weighted by Crippen LogP contribution is 2.34. The number of anilines is 1.